The number of hydrogen-bond acceptors (Lipinski definition) is 4. The third kappa shape index (κ3) is 5.21. The predicted molar refractivity (Wildman–Crippen MR) is 126 cm³/mol. The second-order valence-electron chi connectivity index (χ2n) is 8.81. The Labute approximate surface area is 193 Å². The number of rotatable bonds is 5. The maximum Gasteiger partial charge on any atom is 0.262 e. The lowest BCUT2D eigenvalue weighted by molar-refractivity contribution is -0.136. The third-order valence-electron chi connectivity index (χ3n) is 6.53. The van der Waals surface area contributed by atoms with Gasteiger partial charge in [-0.2, -0.15) is 0 Å². The fourth-order valence-corrected chi connectivity index (χ4v) is 5.34. The highest BCUT2D eigenvalue weighted by atomic mass is 32.1. The second kappa shape index (κ2) is 10.3. The number of thiophene rings is 1. The molecule has 2 aliphatic rings. The molecule has 6 nitrogen and oxygen atoms in total. The Bertz CT molecular complexity index is 945. The van der Waals surface area contributed by atoms with Crippen molar-refractivity contribution in [3.05, 3.63) is 57.8 Å². The summed E-state index contributed by atoms with van der Waals surface area (Å²) in [6, 6.07) is 10.7. The summed E-state index contributed by atoms with van der Waals surface area (Å²) in [6.07, 6.45) is 4.58. The zero-order valence-corrected chi connectivity index (χ0v) is 19.4. The maximum atomic E-state index is 13.4. The molecule has 0 saturated carbocycles. The maximum absolute atomic E-state index is 13.4. The van der Waals surface area contributed by atoms with Crippen LogP contribution >= 0.6 is 11.3 Å². The van der Waals surface area contributed by atoms with E-state index in [2.05, 4.69) is 5.32 Å². The van der Waals surface area contributed by atoms with Gasteiger partial charge in [-0.05, 0) is 68.5 Å². The lowest BCUT2D eigenvalue weighted by atomic mass is 9.87. The van der Waals surface area contributed by atoms with E-state index in [1.807, 2.05) is 52.4 Å². The van der Waals surface area contributed by atoms with E-state index in [1.165, 1.54) is 11.3 Å². The van der Waals surface area contributed by atoms with Crippen molar-refractivity contribution >= 4 is 29.1 Å². The van der Waals surface area contributed by atoms with Crippen LogP contribution in [0.4, 0.5) is 0 Å². The van der Waals surface area contributed by atoms with Crippen molar-refractivity contribution in [2.24, 2.45) is 5.92 Å². The first-order chi connectivity index (χ1) is 15.5. The van der Waals surface area contributed by atoms with Crippen LogP contribution < -0.4 is 5.32 Å². The molecule has 1 aromatic heterocycles. The second-order valence-corrected chi connectivity index (χ2v) is 9.76. The zero-order valence-electron chi connectivity index (χ0n) is 18.6. The lowest BCUT2D eigenvalue weighted by Crippen LogP contribution is -2.55. The first-order valence-electron chi connectivity index (χ1n) is 11.5. The van der Waals surface area contributed by atoms with Crippen LogP contribution in [0.5, 0.6) is 0 Å². The van der Waals surface area contributed by atoms with E-state index in [0.29, 0.717) is 36.4 Å². The van der Waals surface area contributed by atoms with E-state index in [4.69, 9.17) is 0 Å². The number of nitrogens with one attached hydrogen (secondary N) is 1. The summed E-state index contributed by atoms with van der Waals surface area (Å²) >= 11 is 1.38. The normalized spacial score (nSPS) is 18.3. The van der Waals surface area contributed by atoms with Crippen LogP contribution in [0, 0.1) is 12.8 Å². The highest BCUT2D eigenvalue weighted by Crippen LogP contribution is 2.25. The molecule has 0 bridgehead atoms. The van der Waals surface area contributed by atoms with Crippen molar-refractivity contribution in [3.63, 3.8) is 0 Å². The molecule has 0 spiro atoms. The summed E-state index contributed by atoms with van der Waals surface area (Å²) < 4.78 is 0. The molecule has 4 rings (SSSR count). The van der Waals surface area contributed by atoms with E-state index < -0.39 is 6.04 Å². The molecule has 1 atom stereocenters. The molecule has 0 unspecified atom stereocenters. The fraction of sp³-hybridized carbons (Fsp3) is 0.480. The molecule has 32 heavy (non-hydrogen) atoms. The topological polar surface area (TPSA) is 69.7 Å². The Kier molecular flexibility index (Phi) is 7.25. The molecule has 2 aromatic rings. The summed E-state index contributed by atoms with van der Waals surface area (Å²) in [5.74, 6) is -0.102. The van der Waals surface area contributed by atoms with Gasteiger partial charge in [0.1, 0.15) is 6.04 Å². The van der Waals surface area contributed by atoms with E-state index in [0.717, 1.165) is 37.9 Å². The van der Waals surface area contributed by atoms with Gasteiger partial charge in [0.15, 0.2) is 0 Å². The van der Waals surface area contributed by atoms with Crippen molar-refractivity contribution in [2.75, 3.05) is 26.2 Å². The molecule has 170 valence electrons. The SMILES string of the molecule is Cc1cccc(C(=O)N2CCC([C@@H](NC(=O)c3cccs3)C(=O)N3CCCCC3)CC2)c1. The van der Waals surface area contributed by atoms with Gasteiger partial charge in [-0.25, -0.2) is 0 Å². The average molecular weight is 454 g/mol. The number of carbonyl (C=O) groups excluding carboxylic acids is 3. The Balaban J connectivity index is 1.44. The number of likely N-dealkylation sites (tertiary alicyclic amines) is 2. The van der Waals surface area contributed by atoms with Crippen molar-refractivity contribution in [1.82, 2.24) is 15.1 Å². The van der Waals surface area contributed by atoms with Crippen molar-refractivity contribution < 1.29 is 14.4 Å². The summed E-state index contributed by atoms with van der Waals surface area (Å²) in [5, 5.41) is 4.91. The van der Waals surface area contributed by atoms with E-state index >= 15 is 0 Å². The van der Waals surface area contributed by atoms with Crippen LogP contribution in [-0.4, -0.2) is 59.7 Å². The molecule has 7 heteroatoms. The molecule has 1 aromatic carbocycles. The lowest BCUT2D eigenvalue weighted by Gasteiger charge is -2.38. The average Bonchev–Trinajstić information content (AvgIpc) is 3.37. The van der Waals surface area contributed by atoms with Gasteiger partial charge in [0.05, 0.1) is 4.88 Å². The summed E-state index contributed by atoms with van der Waals surface area (Å²) in [7, 11) is 0. The van der Waals surface area contributed by atoms with Gasteiger partial charge in [-0.15, -0.1) is 11.3 Å². The zero-order chi connectivity index (χ0) is 22.5. The van der Waals surface area contributed by atoms with Crippen molar-refractivity contribution in [1.29, 1.82) is 0 Å². The van der Waals surface area contributed by atoms with Gasteiger partial charge in [0.2, 0.25) is 5.91 Å². The monoisotopic (exact) mass is 453 g/mol. The highest BCUT2D eigenvalue weighted by molar-refractivity contribution is 7.12. The number of carbonyl (C=O) groups is 3. The van der Waals surface area contributed by atoms with E-state index in [-0.39, 0.29) is 23.6 Å². The molecule has 0 aliphatic carbocycles. The van der Waals surface area contributed by atoms with Crippen LogP contribution in [0.15, 0.2) is 41.8 Å². The van der Waals surface area contributed by atoms with Gasteiger partial charge in [0.25, 0.3) is 11.8 Å². The van der Waals surface area contributed by atoms with E-state index in [1.54, 1.807) is 6.07 Å². The smallest absolute Gasteiger partial charge is 0.262 e. The van der Waals surface area contributed by atoms with Crippen LogP contribution in [0.1, 0.15) is 57.7 Å². The number of amides is 3. The molecule has 3 amide bonds. The third-order valence-corrected chi connectivity index (χ3v) is 7.40. The standard InChI is InChI=1S/C25H31N3O3S/c1-18-7-5-8-20(17-18)24(30)28-14-10-19(11-15-28)22(25(31)27-12-3-2-4-13-27)26-23(29)21-9-6-16-32-21/h5-9,16-17,19,22H,2-4,10-15H2,1H3,(H,26,29)/t22-/m1/s1. The molecule has 0 radical (unpaired) electrons. The van der Waals surface area contributed by atoms with Crippen LogP contribution in [0.25, 0.3) is 0 Å². The Morgan fingerprint density at radius 2 is 1.72 bits per heavy atom. The van der Waals surface area contributed by atoms with Crippen molar-refractivity contribution in [2.45, 2.75) is 45.1 Å². The first kappa shape index (κ1) is 22.5. The van der Waals surface area contributed by atoms with Gasteiger partial charge in [-0.3, -0.25) is 14.4 Å². The molecule has 1 N–H and O–H groups in total. The number of hydrogen-bond donors (Lipinski definition) is 1. The molecule has 2 fully saturated rings. The van der Waals surface area contributed by atoms with Crippen LogP contribution in [0.2, 0.25) is 0 Å². The molecule has 2 aliphatic heterocycles. The van der Waals surface area contributed by atoms with Gasteiger partial charge in [-0.1, -0.05) is 23.8 Å². The van der Waals surface area contributed by atoms with Crippen molar-refractivity contribution in [3.8, 4) is 0 Å². The minimum absolute atomic E-state index is 0.0231. The minimum atomic E-state index is -0.543. The molecule has 3 heterocycles. The quantitative estimate of drug-likeness (QED) is 0.750. The molecular formula is C25H31N3O3S. The van der Waals surface area contributed by atoms with Crippen LogP contribution in [-0.2, 0) is 4.79 Å². The summed E-state index contributed by atoms with van der Waals surface area (Å²) in [5.41, 5.74) is 1.77. The van der Waals surface area contributed by atoms with Gasteiger partial charge >= 0.3 is 0 Å². The molecular weight excluding hydrogens is 422 g/mol. The fourth-order valence-electron chi connectivity index (χ4n) is 4.71. The number of aryl methyl sites for hydroxylation is 1. The number of benzene rings is 1. The Morgan fingerprint density at radius 3 is 2.38 bits per heavy atom. The van der Waals surface area contributed by atoms with Gasteiger partial charge < -0.3 is 15.1 Å². The minimum Gasteiger partial charge on any atom is -0.341 e. The predicted octanol–water partition coefficient (Wildman–Crippen LogP) is 3.72. The summed E-state index contributed by atoms with van der Waals surface area (Å²) in [6.45, 7) is 4.69. The Morgan fingerprint density at radius 1 is 0.969 bits per heavy atom. The first-order valence-corrected chi connectivity index (χ1v) is 12.4. The highest BCUT2D eigenvalue weighted by Gasteiger charge is 2.36. The van der Waals surface area contributed by atoms with E-state index in [9.17, 15) is 14.4 Å². The Hall–Kier alpha value is -2.67. The van der Waals surface area contributed by atoms with Crippen LogP contribution in [0.3, 0.4) is 0 Å². The molecule has 2 saturated heterocycles. The van der Waals surface area contributed by atoms with Gasteiger partial charge in [0, 0.05) is 31.7 Å². The number of piperidine rings is 2. The number of nitrogens with zero attached hydrogens (tertiary/aromatic N) is 2. The largest absolute Gasteiger partial charge is 0.341 e. The summed E-state index contributed by atoms with van der Waals surface area (Å²) in [4.78, 5) is 43.5.